The maximum atomic E-state index is 12.7. The summed E-state index contributed by atoms with van der Waals surface area (Å²) in [5, 5.41) is 3.34. The van der Waals surface area contributed by atoms with E-state index in [1.807, 2.05) is 29.2 Å². The van der Waals surface area contributed by atoms with Crippen LogP contribution in [0.25, 0.3) is 0 Å². The first-order valence-electron chi connectivity index (χ1n) is 9.24. The van der Waals surface area contributed by atoms with E-state index in [0.717, 1.165) is 21.9 Å². The van der Waals surface area contributed by atoms with Gasteiger partial charge in [-0.2, -0.15) is 0 Å². The molecule has 0 spiro atoms. The molecule has 0 aliphatic carbocycles. The average Bonchev–Trinajstić information content (AvgIpc) is 3.15. The van der Waals surface area contributed by atoms with E-state index in [-0.39, 0.29) is 11.8 Å². The number of nitrogens with zero attached hydrogens (tertiary/aromatic N) is 3. The molecule has 8 heteroatoms. The van der Waals surface area contributed by atoms with Gasteiger partial charge in [0, 0.05) is 24.0 Å². The molecule has 0 atom stereocenters. The number of thiazole rings is 1. The summed E-state index contributed by atoms with van der Waals surface area (Å²) in [5.74, 6) is 0.519. The van der Waals surface area contributed by atoms with Gasteiger partial charge in [-0.3, -0.25) is 19.9 Å². The molecule has 1 aromatic carbocycles. The predicted octanol–water partition coefficient (Wildman–Crippen LogP) is 2.93. The standard InChI is InChI=1S/C21H20N4O3S/c1-28-15-6-4-5-14(11-15)12-19(26)25-10-8-16-18(13-25)29-21(23-16)24-20(27)17-7-2-3-9-22-17/h2-7,9,11H,8,10,12-13H2,1H3,(H,23,24,27). The molecule has 0 saturated heterocycles. The van der Waals surface area contributed by atoms with E-state index in [1.165, 1.54) is 11.3 Å². The molecule has 0 unspecified atom stereocenters. The molecule has 0 fully saturated rings. The molecule has 4 rings (SSSR count). The van der Waals surface area contributed by atoms with Crippen LogP contribution < -0.4 is 10.1 Å². The molecule has 2 amide bonds. The number of anilines is 1. The lowest BCUT2D eigenvalue weighted by atomic mass is 10.1. The topological polar surface area (TPSA) is 84.4 Å². The van der Waals surface area contributed by atoms with Crippen molar-refractivity contribution in [1.29, 1.82) is 0 Å². The molecule has 29 heavy (non-hydrogen) atoms. The SMILES string of the molecule is COc1cccc(CC(=O)N2CCc3nc(NC(=O)c4ccccn4)sc3C2)c1. The number of hydrogen-bond donors (Lipinski definition) is 1. The van der Waals surface area contributed by atoms with E-state index in [1.54, 1.807) is 31.5 Å². The van der Waals surface area contributed by atoms with Crippen molar-refractivity contribution >= 4 is 28.3 Å². The first-order valence-corrected chi connectivity index (χ1v) is 10.1. The summed E-state index contributed by atoms with van der Waals surface area (Å²) in [4.78, 5) is 36.4. The zero-order valence-corrected chi connectivity index (χ0v) is 16.7. The van der Waals surface area contributed by atoms with Crippen LogP contribution in [0.15, 0.2) is 48.7 Å². The van der Waals surface area contributed by atoms with Crippen LogP contribution in [0, 0.1) is 0 Å². The van der Waals surface area contributed by atoms with Gasteiger partial charge in [0.05, 0.1) is 25.8 Å². The van der Waals surface area contributed by atoms with Gasteiger partial charge in [0.1, 0.15) is 11.4 Å². The van der Waals surface area contributed by atoms with Crippen LogP contribution in [0.3, 0.4) is 0 Å². The van der Waals surface area contributed by atoms with E-state index in [9.17, 15) is 9.59 Å². The third-order valence-corrected chi connectivity index (χ3v) is 5.69. The van der Waals surface area contributed by atoms with Crippen LogP contribution >= 0.6 is 11.3 Å². The normalized spacial score (nSPS) is 12.9. The highest BCUT2D eigenvalue weighted by Crippen LogP contribution is 2.29. The minimum Gasteiger partial charge on any atom is -0.497 e. The Balaban J connectivity index is 1.41. The molecule has 7 nitrogen and oxygen atoms in total. The zero-order chi connectivity index (χ0) is 20.2. The fraction of sp³-hybridized carbons (Fsp3) is 0.238. The van der Waals surface area contributed by atoms with Crippen molar-refractivity contribution in [1.82, 2.24) is 14.9 Å². The van der Waals surface area contributed by atoms with Crippen molar-refractivity contribution in [2.75, 3.05) is 19.0 Å². The summed E-state index contributed by atoms with van der Waals surface area (Å²) in [7, 11) is 1.61. The van der Waals surface area contributed by atoms with Gasteiger partial charge in [-0.25, -0.2) is 4.98 Å². The van der Waals surface area contributed by atoms with Crippen LogP contribution in [0.2, 0.25) is 0 Å². The summed E-state index contributed by atoms with van der Waals surface area (Å²) >= 11 is 1.41. The van der Waals surface area contributed by atoms with E-state index in [2.05, 4.69) is 15.3 Å². The highest BCUT2D eigenvalue weighted by molar-refractivity contribution is 7.15. The highest BCUT2D eigenvalue weighted by atomic mass is 32.1. The fourth-order valence-corrected chi connectivity index (χ4v) is 4.21. The summed E-state index contributed by atoms with van der Waals surface area (Å²) in [5.41, 5.74) is 2.21. The van der Waals surface area contributed by atoms with E-state index < -0.39 is 0 Å². The first-order chi connectivity index (χ1) is 14.1. The molecular formula is C21H20N4O3S. The Kier molecular flexibility index (Phi) is 5.53. The number of carbonyl (C=O) groups is 2. The Hall–Kier alpha value is -3.26. The molecular weight excluding hydrogens is 388 g/mol. The van der Waals surface area contributed by atoms with Crippen LogP contribution in [0.5, 0.6) is 5.75 Å². The smallest absolute Gasteiger partial charge is 0.276 e. The number of hydrogen-bond acceptors (Lipinski definition) is 6. The molecule has 0 bridgehead atoms. The quantitative estimate of drug-likeness (QED) is 0.702. The minimum atomic E-state index is -0.289. The fourth-order valence-electron chi connectivity index (χ4n) is 3.19. The Bertz CT molecular complexity index is 1040. The van der Waals surface area contributed by atoms with Gasteiger partial charge < -0.3 is 9.64 Å². The number of carbonyl (C=O) groups excluding carboxylic acids is 2. The predicted molar refractivity (Wildman–Crippen MR) is 110 cm³/mol. The van der Waals surface area contributed by atoms with Gasteiger partial charge in [-0.15, -0.1) is 0 Å². The molecule has 1 aliphatic rings. The number of nitrogens with one attached hydrogen (secondary N) is 1. The largest absolute Gasteiger partial charge is 0.497 e. The second-order valence-electron chi connectivity index (χ2n) is 6.65. The van der Waals surface area contributed by atoms with Gasteiger partial charge in [-0.1, -0.05) is 29.5 Å². The van der Waals surface area contributed by atoms with Crippen LogP contribution in [-0.2, 0) is 24.2 Å². The number of pyridine rings is 1. The molecule has 2 aromatic heterocycles. The third kappa shape index (κ3) is 4.43. The number of aromatic nitrogens is 2. The maximum absolute atomic E-state index is 12.7. The maximum Gasteiger partial charge on any atom is 0.276 e. The van der Waals surface area contributed by atoms with Crippen molar-refractivity contribution in [3.05, 3.63) is 70.5 Å². The zero-order valence-electron chi connectivity index (χ0n) is 15.9. The van der Waals surface area contributed by atoms with Crippen LogP contribution in [0.4, 0.5) is 5.13 Å². The second-order valence-corrected chi connectivity index (χ2v) is 7.74. The first kappa shape index (κ1) is 19.1. The number of amides is 2. The Morgan fingerprint density at radius 3 is 2.93 bits per heavy atom. The number of methoxy groups -OCH3 is 1. The molecule has 1 N–H and O–H groups in total. The second kappa shape index (κ2) is 8.40. The highest BCUT2D eigenvalue weighted by Gasteiger charge is 2.25. The summed E-state index contributed by atoms with van der Waals surface area (Å²) in [6.07, 6.45) is 2.58. The lowest BCUT2D eigenvalue weighted by Crippen LogP contribution is -2.36. The van der Waals surface area contributed by atoms with Gasteiger partial charge in [0.15, 0.2) is 5.13 Å². The Morgan fingerprint density at radius 2 is 2.14 bits per heavy atom. The van der Waals surface area contributed by atoms with Gasteiger partial charge in [0.25, 0.3) is 5.91 Å². The molecule has 0 saturated carbocycles. The van der Waals surface area contributed by atoms with Crippen molar-refractivity contribution < 1.29 is 14.3 Å². The van der Waals surface area contributed by atoms with Gasteiger partial charge >= 0.3 is 0 Å². The van der Waals surface area contributed by atoms with E-state index >= 15 is 0 Å². The molecule has 3 aromatic rings. The lowest BCUT2D eigenvalue weighted by molar-refractivity contribution is -0.131. The van der Waals surface area contributed by atoms with Crippen molar-refractivity contribution in [2.24, 2.45) is 0 Å². The summed E-state index contributed by atoms with van der Waals surface area (Å²) < 4.78 is 5.22. The Labute approximate surface area is 172 Å². The van der Waals surface area contributed by atoms with Crippen LogP contribution in [0.1, 0.15) is 26.6 Å². The van der Waals surface area contributed by atoms with Crippen LogP contribution in [-0.4, -0.2) is 40.3 Å². The molecule has 148 valence electrons. The lowest BCUT2D eigenvalue weighted by Gasteiger charge is -2.26. The van der Waals surface area contributed by atoms with Crippen molar-refractivity contribution in [3.8, 4) is 5.75 Å². The van der Waals surface area contributed by atoms with Crippen molar-refractivity contribution in [3.63, 3.8) is 0 Å². The average molecular weight is 408 g/mol. The number of ether oxygens (including phenoxy) is 1. The van der Waals surface area contributed by atoms with E-state index in [0.29, 0.717) is 36.8 Å². The third-order valence-electron chi connectivity index (χ3n) is 4.69. The van der Waals surface area contributed by atoms with Gasteiger partial charge in [0.2, 0.25) is 5.91 Å². The summed E-state index contributed by atoms with van der Waals surface area (Å²) in [6.45, 7) is 1.13. The van der Waals surface area contributed by atoms with E-state index in [4.69, 9.17) is 4.74 Å². The molecule has 0 radical (unpaired) electrons. The number of rotatable bonds is 5. The minimum absolute atomic E-state index is 0.0661. The number of fused-ring (bicyclic) bond motifs is 1. The Morgan fingerprint density at radius 1 is 1.24 bits per heavy atom. The number of benzene rings is 1. The molecule has 1 aliphatic heterocycles. The monoisotopic (exact) mass is 408 g/mol. The van der Waals surface area contributed by atoms with Gasteiger partial charge in [-0.05, 0) is 29.8 Å². The van der Waals surface area contributed by atoms with Crippen molar-refractivity contribution in [2.45, 2.75) is 19.4 Å². The molecule has 3 heterocycles. The summed E-state index contributed by atoms with van der Waals surface area (Å²) in [6, 6.07) is 12.7.